The van der Waals surface area contributed by atoms with Crippen LogP contribution in [0.3, 0.4) is 0 Å². The monoisotopic (exact) mass is 396 g/mol. The fourth-order valence-electron chi connectivity index (χ4n) is 3.80. The Bertz CT molecular complexity index is 798. The summed E-state index contributed by atoms with van der Waals surface area (Å²) >= 11 is 0. The molecule has 2 aromatic carbocycles. The van der Waals surface area contributed by atoms with Gasteiger partial charge in [0.1, 0.15) is 0 Å². The van der Waals surface area contributed by atoms with E-state index in [1.54, 1.807) is 19.1 Å². The Kier molecular flexibility index (Phi) is 7.39. The first-order valence-electron chi connectivity index (χ1n) is 10.4. The standard InChI is InChI=1S/C24H32N2O3/c1-25(18-20-7-11-21(12-8-20)26-15-5-4-6-16-26)24(27)14-10-19-9-13-22(28-2)23(17-19)29-3/h7-9,11-13,17H,4-6,10,14-16,18H2,1-3H3. The lowest BCUT2D eigenvalue weighted by molar-refractivity contribution is -0.130. The van der Waals surface area contributed by atoms with Crippen LogP contribution in [0.15, 0.2) is 42.5 Å². The number of nitrogens with zero attached hydrogens (tertiary/aromatic N) is 2. The second kappa shape index (κ2) is 10.2. The van der Waals surface area contributed by atoms with Gasteiger partial charge >= 0.3 is 0 Å². The van der Waals surface area contributed by atoms with E-state index in [4.69, 9.17) is 9.47 Å². The Hall–Kier alpha value is -2.69. The molecular weight excluding hydrogens is 364 g/mol. The molecule has 0 bridgehead atoms. The van der Waals surface area contributed by atoms with E-state index in [-0.39, 0.29) is 5.91 Å². The predicted octanol–water partition coefficient (Wildman–Crippen LogP) is 4.29. The fraction of sp³-hybridized carbons (Fsp3) is 0.458. The average molecular weight is 397 g/mol. The molecule has 0 aromatic heterocycles. The molecule has 0 radical (unpaired) electrons. The minimum atomic E-state index is 0.139. The Morgan fingerprint density at radius 2 is 1.59 bits per heavy atom. The van der Waals surface area contributed by atoms with E-state index in [0.717, 1.165) is 24.2 Å². The van der Waals surface area contributed by atoms with Gasteiger partial charge in [-0.25, -0.2) is 0 Å². The van der Waals surface area contributed by atoms with Crippen LogP contribution in [-0.2, 0) is 17.8 Å². The Balaban J connectivity index is 1.51. The van der Waals surface area contributed by atoms with Crippen molar-refractivity contribution in [2.75, 3.05) is 39.3 Å². The van der Waals surface area contributed by atoms with Gasteiger partial charge in [-0.15, -0.1) is 0 Å². The topological polar surface area (TPSA) is 42.0 Å². The van der Waals surface area contributed by atoms with Crippen LogP contribution >= 0.6 is 0 Å². The van der Waals surface area contributed by atoms with Gasteiger partial charge < -0.3 is 19.3 Å². The van der Waals surface area contributed by atoms with Crippen LogP contribution in [0, 0.1) is 0 Å². The number of hydrogen-bond donors (Lipinski definition) is 0. The number of piperidine rings is 1. The van der Waals surface area contributed by atoms with Gasteiger partial charge in [0, 0.05) is 38.8 Å². The molecule has 0 spiro atoms. The summed E-state index contributed by atoms with van der Waals surface area (Å²) in [6, 6.07) is 14.4. The fourth-order valence-corrected chi connectivity index (χ4v) is 3.80. The van der Waals surface area contributed by atoms with E-state index in [1.807, 2.05) is 25.2 Å². The molecule has 156 valence electrons. The maximum absolute atomic E-state index is 12.6. The highest BCUT2D eigenvalue weighted by Gasteiger charge is 2.13. The summed E-state index contributed by atoms with van der Waals surface area (Å²) in [5.74, 6) is 1.53. The molecule has 5 heteroatoms. The van der Waals surface area contributed by atoms with Crippen LogP contribution in [-0.4, -0.2) is 45.2 Å². The molecule has 5 nitrogen and oxygen atoms in total. The van der Waals surface area contributed by atoms with Crippen LogP contribution in [0.4, 0.5) is 5.69 Å². The zero-order valence-corrected chi connectivity index (χ0v) is 17.8. The summed E-state index contributed by atoms with van der Waals surface area (Å²) in [6.45, 7) is 2.92. The van der Waals surface area contributed by atoms with Crippen molar-refractivity contribution in [1.29, 1.82) is 0 Å². The molecule has 3 rings (SSSR count). The molecule has 0 atom stereocenters. The van der Waals surface area contributed by atoms with Crippen molar-refractivity contribution in [1.82, 2.24) is 4.90 Å². The molecule has 1 saturated heterocycles. The molecule has 2 aromatic rings. The quantitative estimate of drug-likeness (QED) is 0.668. The average Bonchev–Trinajstić information content (AvgIpc) is 2.78. The van der Waals surface area contributed by atoms with Crippen molar-refractivity contribution < 1.29 is 14.3 Å². The summed E-state index contributed by atoms with van der Waals surface area (Å²) in [7, 11) is 5.11. The van der Waals surface area contributed by atoms with Crippen molar-refractivity contribution in [3.05, 3.63) is 53.6 Å². The Morgan fingerprint density at radius 1 is 0.931 bits per heavy atom. The Morgan fingerprint density at radius 3 is 2.24 bits per heavy atom. The number of benzene rings is 2. The van der Waals surface area contributed by atoms with E-state index in [2.05, 4.69) is 29.2 Å². The lowest BCUT2D eigenvalue weighted by atomic mass is 10.1. The van der Waals surface area contributed by atoms with Gasteiger partial charge in [0.25, 0.3) is 0 Å². The smallest absolute Gasteiger partial charge is 0.222 e. The van der Waals surface area contributed by atoms with Crippen LogP contribution in [0.1, 0.15) is 36.8 Å². The molecular formula is C24H32N2O3. The molecule has 0 N–H and O–H groups in total. The molecule has 1 heterocycles. The summed E-state index contributed by atoms with van der Waals surface area (Å²) in [5, 5.41) is 0. The third-order valence-electron chi connectivity index (χ3n) is 5.58. The minimum absolute atomic E-state index is 0.139. The summed E-state index contributed by atoms with van der Waals surface area (Å²) in [6.07, 6.45) is 5.04. The van der Waals surface area contributed by atoms with Gasteiger partial charge in [0.2, 0.25) is 5.91 Å². The van der Waals surface area contributed by atoms with E-state index >= 15 is 0 Å². The maximum Gasteiger partial charge on any atom is 0.222 e. The van der Waals surface area contributed by atoms with Crippen molar-refractivity contribution in [3.63, 3.8) is 0 Å². The molecule has 29 heavy (non-hydrogen) atoms. The number of rotatable bonds is 8. The second-order valence-corrected chi connectivity index (χ2v) is 7.65. The Labute approximate surface area is 174 Å². The number of methoxy groups -OCH3 is 2. The predicted molar refractivity (Wildman–Crippen MR) is 117 cm³/mol. The lowest BCUT2D eigenvalue weighted by Gasteiger charge is -2.29. The zero-order valence-electron chi connectivity index (χ0n) is 17.8. The van der Waals surface area contributed by atoms with Gasteiger partial charge in [-0.05, 0) is 61.1 Å². The van der Waals surface area contributed by atoms with Crippen LogP contribution in [0.25, 0.3) is 0 Å². The molecule has 0 saturated carbocycles. The highest BCUT2D eigenvalue weighted by molar-refractivity contribution is 5.76. The molecule has 0 aliphatic carbocycles. The van der Waals surface area contributed by atoms with Crippen molar-refractivity contribution in [2.45, 2.75) is 38.6 Å². The normalized spacial score (nSPS) is 13.8. The summed E-state index contributed by atoms with van der Waals surface area (Å²) in [4.78, 5) is 16.8. The number of carbonyl (C=O) groups is 1. The van der Waals surface area contributed by atoms with E-state index in [1.165, 1.54) is 24.9 Å². The van der Waals surface area contributed by atoms with Crippen LogP contribution in [0.5, 0.6) is 11.5 Å². The molecule has 1 aliphatic heterocycles. The number of hydrogen-bond acceptors (Lipinski definition) is 4. The zero-order chi connectivity index (χ0) is 20.6. The minimum Gasteiger partial charge on any atom is -0.493 e. The van der Waals surface area contributed by atoms with Crippen LogP contribution < -0.4 is 14.4 Å². The number of amides is 1. The first-order valence-corrected chi connectivity index (χ1v) is 10.4. The lowest BCUT2D eigenvalue weighted by Crippen LogP contribution is -2.29. The highest BCUT2D eigenvalue weighted by Crippen LogP contribution is 2.28. The number of aryl methyl sites for hydroxylation is 1. The van der Waals surface area contributed by atoms with Crippen molar-refractivity contribution >= 4 is 11.6 Å². The van der Waals surface area contributed by atoms with E-state index in [9.17, 15) is 4.79 Å². The third kappa shape index (κ3) is 5.66. The molecule has 1 fully saturated rings. The SMILES string of the molecule is COc1ccc(CCC(=O)N(C)Cc2ccc(N3CCCCC3)cc2)cc1OC. The van der Waals surface area contributed by atoms with Gasteiger partial charge in [-0.3, -0.25) is 4.79 Å². The maximum atomic E-state index is 12.6. The molecule has 1 aliphatic rings. The summed E-state index contributed by atoms with van der Waals surface area (Å²) in [5.41, 5.74) is 3.51. The second-order valence-electron chi connectivity index (χ2n) is 7.65. The highest BCUT2D eigenvalue weighted by atomic mass is 16.5. The van der Waals surface area contributed by atoms with Gasteiger partial charge in [0.15, 0.2) is 11.5 Å². The van der Waals surface area contributed by atoms with Crippen molar-refractivity contribution in [3.8, 4) is 11.5 Å². The molecule has 0 unspecified atom stereocenters. The van der Waals surface area contributed by atoms with Gasteiger partial charge in [0.05, 0.1) is 14.2 Å². The first-order chi connectivity index (χ1) is 14.1. The van der Waals surface area contributed by atoms with Crippen LogP contribution in [0.2, 0.25) is 0 Å². The van der Waals surface area contributed by atoms with E-state index in [0.29, 0.717) is 30.9 Å². The number of carbonyl (C=O) groups excluding carboxylic acids is 1. The van der Waals surface area contributed by atoms with Gasteiger partial charge in [-0.2, -0.15) is 0 Å². The van der Waals surface area contributed by atoms with Crippen molar-refractivity contribution in [2.24, 2.45) is 0 Å². The largest absolute Gasteiger partial charge is 0.493 e. The van der Waals surface area contributed by atoms with Gasteiger partial charge in [-0.1, -0.05) is 18.2 Å². The van der Waals surface area contributed by atoms with E-state index < -0.39 is 0 Å². The number of ether oxygens (including phenoxy) is 2. The third-order valence-corrected chi connectivity index (χ3v) is 5.58. The number of anilines is 1. The molecule has 1 amide bonds. The first kappa shape index (κ1) is 21.0. The summed E-state index contributed by atoms with van der Waals surface area (Å²) < 4.78 is 10.6.